The van der Waals surface area contributed by atoms with Crippen molar-refractivity contribution in [1.29, 1.82) is 0 Å². The summed E-state index contributed by atoms with van der Waals surface area (Å²) in [4.78, 5) is 37.3. The Balaban J connectivity index is 1.49. The molecule has 2 amide bonds. The summed E-state index contributed by atoms with van der Waals surface area (Å²) in [5.41, 5.74) is 2.32. The fraction of sp³-hybridized carbons (Fsp3) is 0.103. The summed E-state index contributed by atoms with van der Waals surface area (Å²) in [5, 5.41) is 16.2. The first-order valence-electron chi connectivity index (χ1n) is 11.7. The summed E-state index contributed by atoms with van der Waals surface area (Å²) in [7, 11) is 0. The van der Waals surface area contributed by atoms with Crippen LogP contribution in [0.4, 0.5) is 17.1 Å². The van der Waals surface area contributed by atoms with E-state index in [1.54, 1.807) is 43.3 Å². The fourth-order valence-corrected chi connectivity index (χ4v) is 4.69. The average Bonchev–Trinajstić information content (AvgIpc) is 2.93. The molecular weight excluding hydrogens is 502 g/mol. The molecule has 0 saturated heterocycles. The number of rotatable bonds is 10. The highest BCUT2D eigenvalue weighted by molar-refractivity contribution is 8.00. The third-order valence-electron chi connectivity index (χ3n) is 5.52. The van der Waals surface area contributed by atoms with Crippen LogP contribution >= 0.6 is 11.8 Å². The largest absolute Gasteiger partial charge is 0.484 e. The van der Waals surface area contributed by atoms with Crippen molar-refractivity contribution >= 4 is 40.6 Å². The van der Waals surface area contributed by atoms with Gasteiger partial charge in [0.25, 0.3) is 11.6 Å². The van der Waals surface area contributed by atoms with E-state index in [1.807, 2.05) is 54.6 Å². The van der Waals surface area contributed by atoms with Crippen molar-refractivity contribution in [1.82, 2.24) is 0 Å². The lowest BCUT2D eigenvalue weighted by Crippen LogP contribution is -2.20. The molecule has 38 heavy (non-hydrogen) atoms. The first-order chi connectivity index (χ1) is 18.4. The Morgan fingerprint density at radius 3 is 2.32 bits per heavy atom. The Morgan fingerprint density at radius 2 is 1.61 bits per heavy atom. The van der Waals surface area contributed by atoms with E-state index in [1.165, 1.54) is 23.9 Å². The second kappa shape index (κ2) is 12.6. The van der Waals surface area contributed by atoms with Gasteiger partial charge in [-0.15, -0.1) is 11.8 Å². The maximum Gasteiger partial charge on any atom is 0.271 e. The van der Waals surface area contributed by atoms with Crippen LogP contribution in [0.25, 0.3) is 0 Å². The molecule has 4 rings (SSSR count). The highest BCUT2D eigenvalue weighted by Crippen LogP contribution is 2.37. The molecule has 0 heterocycles. The summed E-state index contributed by atoms with van der Waals surface area (Å²) >= 11 is 1.31. The van der Waals surface area contributed by atoms with Gasteiger partial charge in [0.2, 0.25) is 5.91 Å². The molecule has 0 aromatic heterocycles. The quantitative estimate of drug-likeness (QED) is 0.140. The Bertz CT molecular complexity index is 1430. The number of non-ortho nitro benzene ring substituents is 1. The lowest BCUT2D eigenvalue weighted by Gasteiger charge is -2.18. The van der Waals surface area contributed by atoms with Crippen molar-refractivity contribution in [2.75, 3.05) is 17.2 Å². The molecule has 2 N–H and O–H groups in total. The van der Waals surface area contributed by atoms with Crippen molar-refractivity contribution in [3.8, 4) is 5.75 Å². The molecule has 0 spiro atoms. The number of carbonyl (C=O) groups is 2. The minimum absolute atomic E-state index is 0.102. The van der Waals surface area contributed by atoms with E-state index in [4.69, 9.17) is 4.74 Å². The van der Waals surface area contributed by atoms with Crippen LogP contribution in [0, 0.1) is 17.0 Å². The van der Waals surface area contributed by atoms with Crippen LogP contribution in [0.3, 0.4) is 0 Å². The Hall–Kier alpha value is -4.63. The predicted molar refractivity (Wildman–Crippen MR) is 149 cm³/mol. The molecule has 1 atom stereocenters. The summed E-state index contributed by atoms with van der Waals surface area (Å²) in [6.07, 6.45) is 0. The molecular formula is C29H25N3O5S. The van der Waals surface area contributed by atoms with Gasteiger partial charge >= 0.3 is 0 Å². The number of nitrogens with one attached hydrogen (secondary N) is 2. The minimum Gasteiger partial charge on any atom is -0.484 e. The smallest absolute Gasteiger partial charge is 0.271 e. The number of thioether (sulfide) groups is 1. The molecule has 0 aliphatic heterocycles. The second-order valence-electron chi connectivity index (χ2n) is 8.33. The van der Waals surface area contributed by atoms with Crippen LogP contribution < -0.4 is 15.4 Å². The number of hydrogen-bond acceptors (Lipinski definition) is 6. The van der Waals surface area contributed by atoms with Crippen LogP contribution in [-0.2, 0) is 9.59 Å². The first-order valence-corrected chi connectivity index (χ1v) is 12.6. The van der Waals surface area contributed by atoms with Gasteiger partial charge < -0.3 is 15.4 Å². The van der Waals surface area contributed by atoms with Gasteiger partial charge in [-0.05, 0) is 48.4 Å². The predicted octanol–water partition coefficient (Wildman–Crippen LogP) is 6.39. The lowest BCUT2D eigenvalue weighted by atomic mass is 10.1. The number of aryl methyl sites for hydroxylation is 1. The molecule has 9 heteroatoms. The number of hydrogen-bond donors (Lipinski definition) is 2. The van der Waals surface area contributed by atoms with Gasteiger partial charge in [-0.1, -0.05) is 60.7 Å². The van der Waals surface area contributed by atoms with Gasteiger partial charge in [-0.3, -0.25) is 19.7 Å². The summed E-state index contributed by atoms with van der Waals surface area (Å²) in [5.74, 6) is -0.0346. The molecule has 0 bridgehead atoms. The Labute approximate surface area is 224 Å². The lowest BCUT2D eigenvalue weighted by molar-refractivity contribution is -0.384. The van der Waals surface area contributed by atoms with Crippen molar-refractivity contribution in [3.63, 3.8) is 0 Å². The fourth-order valence-electron chi connectivity index (χ4n) is 3.60. The maximum atomic E-state index is 13.4. The number of para-hydroxylation sites is 1. The van der Waals surface area contributed by atoms with E-state index in [2.05, 4.69) is 10.6 Å². The molecule has 0 radical (unpaired) electrons. The van der Waals surface area contributed by atoms with Crippen LogP contribution in [0.5, 0.6) is 5.75 Å². The van der Waals surface area contributed by atoms with E-state index in [-0.39, 0.29) is 24.1 Å². The van der Waals surface area contributed by atoms with E-state index >= 15 is 0 Å². The van der Waals surface area contributed by atoms with E-state index in [0.29, 0.717) is 22.7 Å². The summed E-state index contributed by atoms with van der Waals surface area (Å²) in [6.45, 7) is 1.64. The number of nitro benzene ring substituents is 1. The van der Waals surface area contributed by atoms with Gasteiger partial charge in [0, 0.05) is 22.7 Å². The van der Waals surface area contributed by atoms with Gasteiger partial charge in [0.05, 0.1) is 10.6 Å². The highest BCUT2D eigenvalue weighted by atomic mass is 32.2. The van der Waals surface area contributed by atoms with E-state index in [0.717, 1.165) is 10.5 Å². The van der Waals surface area contributed by atoms with E-state index in [9.17, 15) is 19.7 Å². The molecule has 192 valence electrons. The summed E-state index contributed by atoms with van der Waals surface area (Å²) in [6, 6.07) is 29.9. The molecule has 4 aromatic carbocycles. The molecule has 0 fully saturated rings. The van der Waals surface area contributed by atoms with Crippen LogP contribution in [0.2, 0.25) is 0 Å². The van der Waals surface area contributed by atoms with E-state index < -0.39 is 10.2 Å². The third-order valence-corrected chi connectivity index (χ3v) is 6.76. The first kappa shape index (κ1) is 26.4. The topological polar surface area (TPSA) is 111 Å². The Kier molecular flexibility index (Phi) is 8.73. The number of anilines is 2. The second-order valence-corrected chi connectivity index (χ2v) is 9.51. The van der Waals surface area contributed by atoms with Crippen molar-refractivity contribution < 1.29 is 19.2 Å². The van der Waals surface area contributed by atoms with Crippen LogP contribution in [0.1, 0.15) is 16.4 Å². The Morgan fingerprint density at radius 1 is 0.895 bits per heavy atom. The van der Waals surface area contributed by atoms with Gasteiger partial charge in [-0.25, -0.2) is 0 Å². The molecule has 0 aliphatic carbocycles. The number of nitro groups is 1. The minimum atomic E-state index is -0.651. The zero-order valence-corrected chi connectivity index (χ0v) is 21.3. The molecule has 0 aliphatic rings. The van der Waals surface area contributed by atoms with Crippen molar-refractivity contribution in [3.05, 3.63) is 124 Å². The molecule has 0 saturated carbocycles. The third kappa shape index (κ3) is 7.21. The number of carbonyl (C=O) groups excluding carboxylic acids is 2. The van der Waals surface area contributed by atoms with Gasteiger partial charge in [-0.2, -0.15) is 0 Å². The standard InChI is InChI=1S/C29H25N3O5S/c1-20-15-16-23(32(35)36)18-26(20)31-29(34)28(21-9-4-2-5-10-21)38-25-14-8-11-22(17-25)30-27(33)19-37-24-12-6-3-7-13-24/h2-18,28H,19H2,1H3,(H,30,33)(H,31,34). The number of ether oxygens (including phenoxy) is 1. The number of benzene rings is 4. The zero-order valence-electron chi connectivity index (χ0n) is 20.5. The highest BCUT2D eigenvalue weighted by Gasteiger charge is 2.23. The van der Waals surface area contributed by atoms with Crippen molar-refractivity contribution in [2.24, 2.45) is 0 Å². The molecule has 1 unspecified atom stereocenters. The summed E-state index contributed by atoms with van der Waals surface area (Å²) < 4.78 is 5.50. The molecule has 8 nitrogen and oxygen atoms in total. The molecule has 4 aromatic rings. The van der Waals surface area contributed by atoms with Crippen molar-refractivity contribution in [2.45, 2.75) is 17.1 Å². The average molecular weight is 528 g/mol. The van der Waals surface area contributed by atoms with Gasteiger partial charge in [0.15, 0.2) is 6.61 Å². The SMILES string of the molecule is Cc1ccc([N+](=O)[O-])cc1NC(=O)C(Sc1cccc(NC(=O)COc2ccccc2)c1)c1ccccc1. The zero-order chi connectivity index (χ0) is 26.9. The maximum absolute atomic E-state index is 13.4. The van der Waals surface area contributed by atoms with Crippen LogP contribution in [-0.4, -0.2) is 23.3 Å². The number of nitrogens with zero attached hydrogens (tertiary/aromatic N) is 1. The van der Waals surface area contributed by atoms with Gasteiger partial charge in [0.1, 0.15) is 11.0 Å². The monoisotopic (exact) mass is 527 g/mol. The normalized spacial score (nSPS) is 11.3. The number of amides is 2. The van der Waals surface area contributed by atoms with Crippen LogP contribution in [0.15, 0.2) is 108 Å².